The summed E-state index contributed by atoms with van der Waals surface area (Å²) in [4.78, 5) is 26.5. The van der Waals surface area contributed by atoms with Crippen molar-refractivity contribution in [2.75, 3.05) is 38.1 Å². The molecule has 1 atom stereocenters. The smallest absolute Gasteiger partial charge is 0.313 e. The van der Waals surface area contributed by atoms with Crippen molar-refractivity contribution in [3.8, 4) is 0 Å². The van der Waals surface area contributed by atoms with Gasteiger partial charge in [-0.05, 0) is 49.1 Å². The number of aryl methyl sites for hydroxylation is 2. The molecule has 2 aromatic carbocycles. The predicted molar refractivity (Wildman–Crippen MR) is 114 cm³/mol. The Bertz CT molecular complexity index is 818. The van der Waals surface area contributed by atoms with Gasteiger partial charge < -0.3 is 15.4 Å². The summed E-state index contributed by atoms with van der Waals surface area (Å²) < 4.78 is 5.88. The molecule has 3 rings (SSSR count). The van der Waals surface area contributed by atoms with Gasteiger partial charge in [-0.25, -0.2) is 0 Å². The number of anilines is 1. The summed E-state index contributed by atoms with van der Waals surface area (Å²) in [6.07, 6.45) is 0.868. The maximum atomic E-state index is 12.1. The molecule has 6 heteroatoms. The molecule has 2 N–H and O–H groups in total. The maximum Gasteiger partial charge on any atom is 0.313 e. The van der Waals surface area contributed by atoms with E-state index in [1.54, 1.807) is 0 Å². The Hall–Kier alpha value is -2.70. The number of carbonyl (C=O) groups excluding carboxylic acids is 2. The largest absolute Gasteiger partial charge is 0.371 e. The van der Waals surface area contributed by atoms with Crippen molar-refractivity contribution >= 4 is 17.5 Å². The summed E-state index contributed by atoms with van der Waals surface area (Å²) in [7, 11) is 0. The second-order valence-corrected chi connectivity index (χ2v) is 7.51. The predicted octanol–water partition coefficient (Wildman–Crippen LogP) is 2.82. The average Bonchev–Trinajstić information content (AvgIpc) is 2.71. The van der Waals surface area contributed by atoms with E-state index in [0.29, 0.717) is 18.8 Å². The zero-order valence-electron chi connectivity index (χ0n) is 17.1. The van der Waals surface area contributed by atoms with E-state index in [1.165, 1.54) is 5.56 Å². The lowest BCUT2D eigenvalue weighted by molar-refractivity contribution is -0.136. The molecule has 154 valence electrons. The van der Waals surface area contributed by atoms with E-state index < -0.39 is 11.8 Å². The zero-order valence-corrected chi connectivity index (χ0v) is 17.1. The van der Waals surface area contributed by atoms with Crippen molar-refractivity contribution in [3.63, 3.8) is 0 Å². The van der Waals surface area contributed by atoms with Crippen molar-refractivity contribution in [1.29, 1.82) is 0 Å². The second-order valence-electron chi connectivity index (χ2n) is 7.51. The number of rotatable bonds is 6. The van der Waals surface area contributed by atoms with Gasteiger partial charge in [-0.15, -0.1) is 0 Å². The SMILES string of the molecule is Cc1cc(C)cc(NC(=O)C(=O)NCCCN2CCOC(c3ccccc3)C2)c1. The van der Waals surface area contributed by atoms with Crippen molar-refractivity contribution in [3.05, 3.63) is 65.2 Å². The molecular formula is C23H29N3O3. The Morgan fingerprint density at radius 2 is 1.79 bits per heavy atom. The number of nitrogens with one attached hydrogen (secondary N) is 2. The number of amides is 2. The van der Waals surface area contributed by atoms with Gasteiger partial charge in [0.1, 0.15) is 0 Å². The van der Waals surface area contributed by atoms with E-state index in [0.717, 1.165) is 37.2 Å². The molecule has 1 heterocycles. The Kier molecular flexibility index (Phi) is 7.38. The normalized spacial score (nSPS) is 17.0. The van der Waals surface area contributed by atoms with E-state index in [4.69, 9.17) is 4.74 Å². The minimum absolute atomic E-state index is 0.0862. The summed E-state index contributed by atoms with van der Waals surface area (Å²) in [5, 5.41) is 5.37. The lowest BCUT2D eigenvalue weighted by Crippen LogP contribution is -2.41. The monoisotopic (exact) mass is 395 g/mol. The molecule has 6 nitrogen and oxygen atoms in total. The lowest BCUT2D eigenvalue weighted by Gasteiger charge is -2.33. The molecule has 0 spiro atoms. The fourth-order valence-corrected chi connectivity index (χ4v) is 3.59. The van der Waals surface area contributed by atoms with Crippen LogP contribution in [-0.2, 0) is 14.3 Å². The van der Waals surface area contributed by atoms with Crippen LogP contribution in [0.3, 0.4) is 0 Å². The minimum Gasteiger partial charge on any atom is -0.371 e. The lowest BCUT2D eigenvalue weighted by atomic mass is 10.1. The second kappa shape index (κ2) is 10.2. The topological polar surface area (TPSA) is 70.7 Å². The molecule has 2 aromatic rings. The van der Waals surface area contributed by atoms with Crippen LogP contribution in [0.4, 0.5) is 5.69 Å². The molecule has 1 saturated heterocycles. The van der Waals surface area contributed by atoms with Gasteiger partial charge in [-0.3, -0.25) is 14.5 Å². The Morgan fingerprint density at radius 1 is 1.07 bits per heavy atom. The Balaban J connectivity index is 1.38. The number of benzene rings is 2. The maximum absolute atomic E-state index is 12.1. The number of hydrogen-bond acceptors (Lipinski definition) is 4. The molecular weight excluding hydrogens is 366 g/mol. The summed E-state index contributed by atoms with van der Waals surface area (Å²) in [5.41, 5.74) is 3.91. The van der Waals surface area contributed by atoms with Gasteiger partial charge in [0.2, 0.25) is 0 Å². The van der Waals surface area contributed by atoms with E-state index in [9.17, 15) is 9.59 Å². The third-order valence-electron chi connectivity index (χ3n) is 4.94. The third kappa shape index (κ3) is 6.41. The van der Waals surface area contributed by atoms with Crippen molar-refractivity contribution < 1.29 is 14.3 Å². The molecule has 0 aliphatic carbocycles. The molecule has 0 saturated carbocycles. The molecule has 0 radical (unpaired) electrons. The fraction of sp³-hybridized carbons (Fsp3) is 0.391. The number of hydrogen-bond donors (Lipinski definition) is 2. The molecule has 29 heavy (non-hydrogen) atoms. The van der Waals surface area contributed by atoms with Gasteiger partial charge >= 0.3 is 11.8 Å². The van der Waals surface area contributed by atoms with Crippen LogP contribution in [0.5, 0.6) is 0 Å². The van der Waals surface area contributed by atoms with Crippen LogP contribution in [0, 0.1) is 13.8 Å². The van der Waals surface area contributed by atoms with Crippen molar-refractivity contribution in [2.45, 2.75) is 26.4 Å². The number of morpholine rings is 1. The molecule has 1 aliphatic heterocycles. The van der Waals surface area contributed by atoms with Gasteiger partial charge in [-0.1, -0.05) is 36.4 Å². The van der Waals surface area contributed by atoms with Crippen LogP contribution in [-0.4, -0.2) is 49.5 Å². The molecule has 0 bridgehead atoms. The first kappa shape index (κ1) is 21.0. The van der Waals surface area contributed by atoms with Gasteiger partial charge in [-0.2, -0.15) is 0 Å². The standard InChI is InChI=1S/C23H29N3O3/c1-17-13-18(2)15-20(14-17)25-23(28)22(27)24-9-6-10-26-11-12-29-21(16-26)19-7-4-3-5-8-19/h3-5,7-8,13-15,21H,6,9-12,16H2,1-2H3,(H,24,27)(H,25,28). The number of ether oxygens (including phenoxy) is 1. The van der Waals surface area contributed by atoms with Gasteiger partial charge in [0.05, 0.1) is 12.7 Å². The zero-order chi connectivity index (χ0) is 20.6. The number of carbonyl (C=O) groups is 2. The first-order valence-corrected chi connectivity index (χ1v) is 10.1. The van der Waals surface area contributed by atoms with Crippen molar-refractivity contribution in [2.24, 2.45) is 0 Å². The van der Waals surface area contributed by atoms with Crippen molar-refractivity contribution in [1.82, 2.24) is 10.2 Å². The molecule has 1 aliphatic rings. The highest BCUT2D eigenvalue weighted by Crippen LogP contribution is 2.21. The van der Waals surface area contributed by atoms with E-state index in [2.05, 4.69) is 27.7 Å². The van der Waals surface area contributed by atoms with Crippen LogP contribution in [0.1, 0.15) is 29.2 Å². The fourth-order valence-electron chi connectivity index (χ4n) is 3.59. The van der Waals surface area contributed by atoms with Gasteiger partial charge in [0.15, 0.2) is 0 Å². The van der Waals surface area contributed by atoms with E-state index >= 15 is 0 Å². The van der Waals surface area contributed by atoms with Crippen LogP contribution < -0.4 is 10.6 Å². The quantitative estimate of drug-likeness (QED) is 0.583. The van der Waals surface area contributed by atoms with Gasteiger partial charge in [0, 0.05) is 31.9 Å². The molecule has 0 aromatic heterocycles. The van der Waals surface area contributed by atoms with Gasteiger partial charge in [0.25, 0.3) is 0 Å². The Morgan fingerprint density at radius 3 is 2.52 bits per heavy atom. The highest BCUT2D eigenvalue weighted by atomic mass is 16.5. The summed E-state index contributed by atoms with van der Waals surface area (Å²) in [5.74, 6) is -1.24. The average molecular weight is 396 g/mol. The van der Waals surface area contributed by atoms with Crippen LogP contribution in [0.2, 0.25) is 0 Å². The van der Waals surface area contributed by atoms with E-state index in [1.807, 2.05) is 50.2 Å². The van der Waals surface area contributed by atoms with E-state index in [-0.39, 0.29) is 6.10 Å². The summed E-state index contributed by atoms with van der Waals surface area (Å²) >= 11 is 0. The Labute approximate surface area is 172 Å². The first-order chi connectivity index (χ1) is 14.0. The number of nitrogens with zero attached hydrogens (tertiary/aromatic N) is 1. The highest BCUT2D eigenvalue weighted by molar-refractivity contribution is 6.39. The minimum atomic E-state index is -0.634. The first-order valence-electron chi connectivity index (χ1n) is 10.1. The molecule has 1 fully saturated rings. The molecule has 2 amide bonds. The molecule has 1 unspecified atom stereocenters. The van der Waals surface area contributed by atoms with Crippen LogP contribution in [0.25, 0.3) is 0 Å². The third-order valence-corrected chi connectivity index (χ3v) is 4.94. The highest BCUT2D eigenvalue weighted by Gasteiger charge is 2.21. The summed E-state index contributed by atoms with van der Waals surface area (Å²) in [6.45, 7) is 7.64. The summed E-state index contributed by atoms with van der Waals surface area (Å²) in [6, 6.07) is 15.9. The van der Waals surface area contributed by atoms with Crippen LogP contribution >= 0.6 is 0 Å². The van der Waals surface area contributed by atoms with Crippen LogP contribution in [0.15, 0.2) is 48.5 Å².